The van der Waals surface area contributed by atoms with E-state index in [1.807, 2.05) is 30.5 Å². The molecular formula is C18H22ClN3. The van der Waals surface area contributed by atoms with Crippen molar-refractivity contribution in [1.82, 2.24) is 5.43 Å². The van der Waals surface area contributed by atoms with Gasteiger partial charge in [-0.3, -0.25) is 0 Å². The number of anilines is 1. The van der Waals surface area contributed by atoms with Crippen LogP contribution in [0, 0.1) is 0 Å². The zero-order chi connectivity index (χ0) is 15.8. The van der Waals surface area contributed by atoms with Crippen LogP contribution in [0.15, 0.2) is 53.6 Å². The maximum absolute atomic E-state index is 6.10. The first-order valence-corrected chi connectivity index (χ1v) is 7.96. The van der Waals surface area contributed by atoms with Gasteiger partial charge in [0.25, 0.3) is 0 Å². The van der Waals surface area contributed by atoms with Gasteiger partial charge in [0, 0.05) is 23.8 Å². The van der Waals surface area contributed by atoms with Crippen LogP contribution in [0.1, 0.15) is 25.0 Å². The first-order valence-electron chi connectivity index (χ1n) is 7.59. The van der Waals surface area contributed by atoms with Crippen LogP contribution in [0.25, 0.3) is 0 Å². The van der Waals surface area contributed by atoms with Crippen molar-refractivity contribution in [2.45, 2.75) is 20.4 Å². The molecule has 0 aliphatic heterocycles. The van der Waals surface area contributed by atoms with Crippen LogP contribution in [-0.4, -0.2) is 19.3 Å². The van der Waals surface area contributed by atoms with Crippen molar-refractivity contribution in [2.75, 3.05) is 18.0 Å². The van der Waals surface area contributed by atoms with E-state index < -0.39 is 0 Å². The summed E-state index contributed by atoms with van der Waals surface area (Å²) in [7, 11) is 0. The van der Waals surface area contributed by atoms with Crippen LogP contribution in [0.3, 0.4) is 0 Å². The Bertz CT molecular complexity index is 604. The molecule has 0 aromatic heterocycles. The lowest BCUT2D eigenvalue weighted by molar-refractivity contribution is 0.748. The van der Waals surface area contributed by atoms with Crippen LogP contribution in [-0.2, 0) is 6.54 Å². The fourth-order valence-corrected chi connectivity index (χ4v) is 2.46. The van der Waals surface area contributed by atoms with E-state index in [9.17, 15) is 0 Å². The number of hydrazone groups is 1. The minimum atomic E-state index is 0.619. The molecule has 116 valence electrons. The summed E-state index contributed by atoms with van der Waals surface area (Å²) in [6.45, 7) is 6.98. The third-order valence-electron chi connectivity index (χ3n) is 3.55. The van der Waals surface area contributed by atoms with Gasteiger partial charge in [-0.25, -0.2) is 0 Å². The molecule has 0 unspecified atom stereocenters. The lowest BCUT2D eigenvalue weighted by atomic mass is 10.2. The largest absolute Gasteiger partial charge is 0.372 e. The van der Waals surface area contributed by atoms with E-state index in [1.54, 1.807) is 0 Å². The van der Waals surface area contributed by atoms with E-state index in [4.69, 9.17) is 11.6 Å². The van der Waals surface area contributed by atoms with Gasteiger partial charge in [0.2, 0.25) is 0 Å². The highest BCUT2D eigenvalue weighted by Gasteiger charge is 2.00. The molecule has 0 aliphatic rings. The molecule has 2 aromatic carbocycles. The molecule has 2 aromatic rings. The van der Waals surface area contributed by atoms with Crippen molar-refractivity contribution < 1.29 is 0 Å². The lowest BCUT2D eigenvalue weighted by Crippen LogP contribution is -2.21. The van der Waals surface area contributed by atoms with Crippen LogP contribution in [0.4, 0.5) is 5.69 Å². The van der Waals surface area contributed by atoms with Gasteiger partial charge in [0.1, 0.15) is 0 Å². The predicted molar refractivity (Wildman–Crippen MR) is 95.9 cm³/mol. The van der Waals surface area contributed by atoms with E-state index in [0.717, 1.165) is 29.2 Å². The molecule has 0 atom stereocenters. The second-order valence-corrected chi connectivity index (χ2v) is 5.36. The molecule has 3 nitrogen and oxygen atoms in total. The second-order valence-electron chi connectivity index (χ2n) is 4.95. The van der Waals surface area contributed by atoms with Gasteiger partial charge < -0.3 is 10.3 Å². The smallest absolute Gasteiger partial charge is 0.0594 e. The van der Waals surface area contributed by atoms with Crippen molar-refractivity contribution in [2.24, 2.45) is 5.10 Å². The molecule has 0 bridgehead atoms. The topological polar surface area (TPSA) is 27.6 Å². The summed E-state index contributed by atoms with van der Waals surface area (Å²) in [6, 6.07) is 16.2. The Labute approximate surface area is 137 Å². The Morgan fingerprint density at radius 1 is 1.05 bits per heavy atom. The zero-order valence-corrected chi connectivity index (χ0v) is 13.8. The zero-order valence-electron chi connectivity index (χ0n) is 13.1. The van der Waals surface area contributed by atoms with Crippen molar-refractivity contribution in [3.8, 4) is 0 Å². The number of hydrogen-bond acceptors (Lipinski definition) is 3. The molecule has 0 saturated carbocycles. The number of benzene rings is 2. The molecule has 4 heteroatoms. The van der Waals surface area contributed by atoms with E-state index in [0.29, 0.717) is 6.54 Å². The molecule has 0 radical (unpaired) electrons. The SMILES string of the molecule is CCN(CC)c1ccc(/C=N\NCc2ccccc2Cl)cc1. The van der Waals surface area contributed by atoms with Gasteiger partial charge in [-0.1, -0.05) is 41.9 Å². The average Bonchev–Trinajstić information content (AvgIpc) is 2.55. The summed E-state index contributed by atoms with van der Waals surface area (Å²) < 4.78 is 0. The van der Waals surface area contributed by atoms with Crippen LogP contribution >= 0.6 is 11.6 Å². The van der Waals surface area contributed by atoms with Crippen molar-refractivity contribution >= 4 is 23.5 Å². The van der Waals surface area contributed by atoms with Crippen LogP contribution < -0.4 is 10.3 Å². The minimum absolute atomic E-state index is 0.619. The molecule has 0 saturated heterocycles. The first kappa shape index (κ1) is 16.4. The normalized spacial score (nSPS) is 10.9. The standard InChI is InChI=1S/C18H22ClN3/c1-3-22(4-2)17-11-9-15(10-12-17)13-20-21-14-16-7-5-6-8-18(16)19/h5-13,21H,3-4,14H2,1-2H3/b20-13-. The number of hydrogen-bond donors (Lipinski definition) is 1. The van der Waals surface area contributed by atoms with Crippen LogP contribution in [0.5, 0.6) is 0 Å². The third kappa shape index (κ3) is 4.50. The summed E-state index contributed by atoms with van der Waals surface area (Å²) in [5, 5.41) is 5.00. The summed E-state index contributed by atoms with van der Waals surface area (Å²) in [5.41, 5.74) is 6.38. The van der Waals surface area contributed by atoms with Crippen molar-refractivity contribution in [3.05, 3.63) is 64.7 Å². The molecule has 0 fully saturated rings. The number of nitrogens with zero attached hydrogens (tertiary/aromatic N) is 2. The van der Waals surface area contributed by atoms with Crippen molar-refractivity contribution in [1.29, 1.82) is 0 Å². The third-order valence-corrected chi connectivity index (χ3v) is 3.92. The Morgan fingerprint density at radius 3 is 2.36 bits per heavy atom. The number of rotatable bonds is 7. The Morgan fingerprint density at radius 2 is 1.73 bits per heavy atom. The molecule has 2 rings (SSSR count). The van der Waals surface area contributed by atoms with E-state index in [2.05, 4.69) is 53.5 Å². The van der Waals surface area contributed by atoms with Gasteiger partial charge in [0.05, 0.1) is 12.8 Å². The lowest BCUT2D eigenvalue weighted by Gasteiger charge is -2.20. The number of halogens is 1. The van der Waals surface area contributed by atoms with Gasteiger partial charge in [-0.2, -0.15) is 5.10 Å². The fourth-order valence-electron chi connectivity index (χ4n) is 2.25. The summed E-state index contributed by atoms with van der Waals surface area (Å²) >= 11 is 6.10. The van der Waals surface area contributed by atoms with Gasteiger partial charge >= 0.3 is 0 Å². The first-order chi connectivity index (χ1) is 10.7. The summed E-state index contributed by atoms with van der Waals surface area (Å²) in [5.74, 6) is 0. The number of nitrogens with one attached hydrogen (secondary N) is 1. The molecular weight excluding hydrogens is 294 g/mol. The highest BCUT2D eigenvalue weighted by atomic mass is 35.5. The van der Waals surface area contributed by atoms with E-state index >= 15 is 0 Å². The monoisotopic (exact) mass is 315 g/mol. The molecule has 22 heavy (non-hydrogen) atoms. The molecule has 0 heterocycles. The quantitative estimate of drug-likeness (QED) is 0.609. The predicted octanol–water partition coefficient (Wildman–Crippen LogP) is 4.31. The Hall–Kier alpha value is -2.00. The average molecular weight is 316 g/mol. The highest BCUT2D eigenvalue weighted by Crippen LogP contribution is 2.15. The van der Waals surface area contributed by atoms with E-state index in [-0.39, 0.29) is 0 Å². The summed E-state index contributed by atoms with van der Waals surface area (Å²) in [4.78, 5) is 2.32. The fraction of sp³-hybridized carbons (Fsp3) is 0.278. The summed E-state index contributed by atoms with van der Waals surface area (Å²) in [6.07, 6.45) is 1.82. The highest BCUT2D eigenvalue weighted by molar-refractivity contribution is 6.31. The Balaban J connectivity index is 1.89. The Kier molecular flexibility index (Phi) is 6.28. The van der Waals surface area contributed by atoms with Crippen molar-refractivity contribution in [3.63, 3.8) is 0 Å². The van der Waals surface area contributed by atoms with Gasteiger partial charge in [0.15, 0.2) is 0 Å². The minimum Gasteiger partial charge on any atom is -0.372 e. The molecule has 0 spiro atoms. The maximum atomic E-state index is 6.10. The van der Waals surface area contributed by atoms with Gasteiger partial charge in [-0.15, -0.1) is 0 Å². The molecule has 0 amide bonds. The molecule has 1 N–H and O–H groups in total. The van der Waals surface area contributed by atoms with E-state index in [1.165, 1.54) is 5.69 Å². The van der Waals surface area contributed by atoms with Crippen LogP contribution in [0.2, 0.25) is 5.02 Å². The second kappa shape index (κ2) is 8.44. The maximum Gasteiger partial charge on any atom is 0.0594 e. The molecule has 0 aliphatic carbocycles. The van der Waals surface area contributed by atoms with Gasteiger partial charge in [-0.05, 0) is 43.2 Å².